The van der Waals surface area contributed by atoms with Crippen molar-refractivity contribution in [3.05, 3.63) is 35.9 Å². The molecule has 4 rings (SSSR count). The Hall–Kier alpha value is -1.59. The molecule has 0 bridgehead atoms. The summed E-state index contributed by atoms with van der Waals surface area (Å²) < 4.78 is 5.62. The number of amides is 1. The van der Waals surface area contributed by atoms with Crippen molar-refractivity contribution in [1.82, 2.24) is 15.1 Å². The zero-order chi connectivity index (χ0) is 17.7. The summed E-state index contributed by atoms with van der Waals surface area (Å²) in [6.07, 6.45) is -0.155. The second kappa shape index (κ2) is 5.71. The molecule has 136 valence electrons. The number of benzene rings is 1. The van der Waals surface area contributed by atoms with Gasteiger partial charge in [0.15, 0.2) is 0 Å². The van der Waals surface area contributed by atoms with Crippen LogP contribution in [0.5, 0.6) is 0 Å². The van der Waals surface area contributed by atoms with Gasteiger partial charge in [0.25, 0.3) is 0 Å². The topological polar surface area (TPSA) is 44.8 Å². The van der Waals surface area contributed by atoms with E-state index in [0.29, 0.717) is 0 Å². The first-order valence-electron chi connectivity index (χ1n) is 9.26. The number of carbonyl (C=O) groups excluding carboxylic acids is 1. The van der Waals surface area contributed by atoms with Gasteiger partial charge in [-0.1, -0.05) is 30.3 Å². The summed E-state index contributed by atoms with van der Waals surface area (Å²) in [6, 6.07) is 10.7. The van der Waals surface area contributed by atoms with E-state index in [9.17, 15) is 4.79 Å². The molecular formula is C20H29N3O2. The molecule has 3 heterocycles. The summed E-state index contributed by atoms with van der Waals surface area (Å²) in [6.45, 7) is 12.5. The molecule has 1 amide bonds. The molecule has 0 aromatic heterocycles. The third-order valence-corrected chi connectivity index (χ3v) is 5.99. The van der Waals surface area contributed by atoms with Crippen molar-refractivity contribution in [3.8, 4) is 0 Å². The van der Waals surface area contributed by atoms with Gasteiger partial charge >= 0.3 is 6.09 Å². The second-order valence-corrected chi connectivity index (χ2v) is 9.13. The standard InChI is InChI=1S/C20H29N3O2/c1-18(2,3)25-17(24)23-14-19-10-21-11-20(19,15-23)13-22(12-19)9-16-7-5-4-6-8-16/h4-8,21H,9-15H2,1-3H3/t19-,20+. The van der Waals surface area contributed by atoms with Gasteiger partial charge in [-0.05, 0) is 26.3 Å². The fourth-order valence-corrected chi connectivity index (χ4v) is 5.02. The van der Waals surface area contributed by atoms with Crippen LogP contribution in [0.25, 0.3) is 0 Å². The van der Waals surface area contributed by atoms with E-state index in [2.05, 4.69) is 40.5 Å². The van der Waals surface area contributed by atoms with Crippen molar-refractivity contribution >= 4 is 6.09 Å². The lowest BCUT2D eigenvalue weighted by atomic mass is 9.71. The highest BCUT2D eigenvalue weighted by Crippen LogP contribution is 2.54. The maximum absolute atomic E-state index is 12.6. The van der Waals surface area contributed by atoms with Gasteiger partial charge in [-0.15, -0.1) is 0 Å². The van der Waals surface area contributed by atoms with Gasteiger partial charge in [0.2, 0.25) is 0 Å². The number of carbonyl (C=O) groups is 1. The highest BCUT2D eigenvalue weighted by atomic mass is 16.6. The lowest BCUT2D eigenvalue weighted by Crippen LogP contribution is -2.42. The van der Waals surface area contributed by atoms with E-state index < -0.39 is 5.60 Å². The fourth-order valence-electron chi connectivity index (χ4n) is 5.02. The monoisotopic (exact) mass is 343 g/mol. The molecule has 5 nitrogen and oxygen atoms in total. The van der Waals surface area contributed by atoms with E-state index in [-0.39, 0.29) is 16.9 Å². The van der Waals surface area contributed by atoms with E-state index in [1.165, 1.54) is 5.56 Å². The molecule has 1 aromatic carbocycles. The van der Waals surface area contributed by atoms with Crippen LogP contribution in [-0.4, -0.2) is 60.8 Å². The van der Waals surface area contributed by atoms with Crippen LogP contribution >= 0.6 is 0 Å². The summed E-state index contributed by atoms with van der Waals surface area (Å²) in [5.41, 5.74) is 1.26. The first-order chi connectivity index (χ1) is 11.8. The lowest BCUT2D eigenvalue weighted by Gasteiger charge is -2.29. The van der Waals surface area contributed by atoms with Crippen molar-refractivity contribution in [2.24, 2.45) is 10.8 Å². The molecule has 0 spiro atoms. The van der Waals surface area contributed by atoms with E-state index in [4.69, 9.17) is 4.74 Å². The minimum atomic E-state index is -0.434. The summed E-state index contributed by atoms with van der Waals surface area (Å²) >= 11 is 0. The molecule has 1 N–H and O–H groups in total. The van der Waals surface area contributed by atoms with Crippen LogP contribution in [0.3, 0.4) is 0 Å². The van der Waals surface area contributed by atoms with Crippen LogP contribution in [0.4, 0.5) is 4.79 Å². The van der Waals surface area contributed by atoms with Crippen LogP contribution < -0.4 is 5.32 Å². The first-order valence-corrected chi connectivity index (χ1v) is 9.26. The predicted octanol–water partition coefficient (Wildman–Crippen LogP) is 2.33. The third-order valence-electron chi connectivity index (χ3n) is 5.99. The largest absolute Gasteiger partial charge is 0.444 e. The van der Waals surface area contributed by atoms with Gasteiger partial charge in [0.05, 0.1) is 0 Å². The Labute approximate surface area is 150 Å². The van der Waals surface area contributed by atoms with E-state index in [1.807, 2.05) is 25.7 Å². The highest BCUT2D eigenvalue weighted by Gasteiger charge is 2.66. The zero-order valence-electron chi connectivity index (χ0n) is 15.5. The van der Waals surface area contributed by atoms with Crippen LogP contribution in [0.2, 0.25) is 0 Å². The van der Waals surface area contributed by atoms with Crippen molar-refractivity contribution in [2.75, 3.05) is 39.3 Å². The molecule has 0 aliphatic carbocycles. The second-order valence-electron chi connectivity index (χ2n) is 9.13. The van der Waals surface area contributed by atoms with Gasteiger partial charge in [0, 0.05) is 56.6 Å². The number of ether oxygens (including phenoxy) is 1. The molecule has 3 aliphatic rings. The van der Waals surface area contributed by atoms with Gasteiger partial charge in [-0.2, -0.15) is 0 Å². The first kappa shape index (κ1) is 16.9. The Kier molecular flexibility index (Phi) is 3.85. The Morgan fingerprint density at radius 3 is 2.24 bits per heavy atom. The summed E-state index contributed by atoms with van der Waals surface area (Å²) in [5, 5.41) is 3.59. The van der Waals surface area contributed by atoms with Gasteiger partial charge in [-0.25, -0.2) is 4.79 Å². The number of hydrogen-bond acceptors (Lipinski definition) is 4. The molecule has 3 fully saturated rings. The van der Waals surface area contributed by atoms with E-state index in [1.54, 1.807) is 0 Å². The maximum atomic E-state index is 12.6. The Bertz CT molecular complexity index is 635. The quantitative estimate of drug-likeness (QED) is 0.895. The third kappa shape index (κ3) is 2.93. The lowest BCUT2D eigenvalue weighted by molar-refractivity contribution is 0.0247. The van der Waals surface area contributed by atoms with E-state index in [0.717, 1.165) is 45.8 Å². The molecule has 5 heteroatoms. The summed E-state index contributed by atoms with van der Waals surface area (Å²) in [7, 11) is 0. The summed E-state index contributed by atoms with van der Waals surface area (Å²) in [4.78, 5) is 17.1. The van der Waals surface area contributed by atoms with Gasteiger partial charge < -0.3 is 15.0 Å². The molecule has 25 heavy (non-hydrogen) atoms. The van der Waals surface area contributed by atoms with E-state index >= 15 is 0 Å². The molecule has 3 saturated heterocycles. The molecule has 2 atom stereocenters. The number of hydrogen-bond donors (Lipinski definition) is 1. The summed E-state index contributed by atoms with van der Waals surface area (Å²) in [5.74, 6) is 0. The minimum Gasteiger partial charge on any atom is -0.444 e. The molecule has 0 saturated carbocycles. The van der Waals surface area contributed by atoms with Crippen molar-refractivity contribution in [3.63, 3.8) is 0 Å². The number of nitrogens with one attached hydrogen (secondary N) is 1. The molecular weight excluding hydrogens is 314 g/mol. The van der Waals surface area contributed by atoms with Gasteiger partial charge in [0.1, 0.15) is 5.60 Å². The Balaban J connectivity index is 1.48. The molecule has 3 aliphatic heterocycles. The van der Waals surface area contributed by atoms with Crippen molar-refractivity contribution in [2.45, 2.75) is 32.9 Å². The van der Waals surface area contributed by atoms with Crippen molar-refractivity contribution in [1.29, 1.82) is 0 Å². The van der Waals surface area contributed by atoms with Crippen LogP contribution in [-0.2, 0) is 11.3 Å². The Morgan fingerprint density at radius 2 is 1.68 bits per heavy atom. The Morgan fingerprint density at radius 1 is 1.08 bits per heavy atom. The average molecular weight is 343 g/mol. The smallest absolute Gasteiger partial charge is 0.410 e. The fraction of sp³-hybridized carbons (Fsp3) is 0.650. The number of nitrogens with zero attached hydrogens (tertiary/aromatic N) is 2. The number of rotatable bonds is 2. The SMILES string of the molecule is CC(C)(C)OC(=O)N1C[C@@]23CNC[C@@]2(CN(Cc2ccccc2)C3)C1. The van der Waals surface area contributed by atoms with Crippen LogP contribution in [0.1, 0.15) is 26.3 Å². The predicted molar refractivity (Wildman–Crippen MR) is 97.3 cm³/mol. The van der Waals surface area contributed by atoms with Crippen LogP contribution in [0, 0.1) is 10.8 Å². The number of likely N-dealkylation sites (tertiary alicyclic amines) is 2. The molecule has 0 radical (unpaired) electrons. The molecule has 1 aromatic rings. The normalized spacial score (nSPS) is 31.9. The maximum Gasteiger partial charge on any atom is 0.410 e. The van der Waals surface area contributed by atoms with Crippen molar-refractivity contribution < 1.29 is 9.53 Å². The minimum absolute atomic E-state index is 0.155. The highest BCUT2D eigenvalue weighted by molar-refractivity contribution is 5.69. The molecule has 0 unspecified atom stereocenters. The van der Waals surface area contributed by atoms with Crippen LogP contribution in [0.15, 0.2) is 30.3 Å². The zero-order valence-corrected chi connectivity index (χ0v) is 15.5. The van der Waals surface area contributed by atoms with Gasteiger partial charge in [-0.3, -0.25) is 4.90 Å². The average Bonchev–Trinajstić information content (AvgIpc) is 3.05.